The topological polar surface area (TPSA) is 58.6 Å². The number of nitrogens with one attached hydrogen (secondary N) is 1. The van der Waals surface area contributed by atoms with Crippen molar-refractivity contribution in [2.75, 3.05) is 25.1 Å². The average molecular weight is 437 g/mol. The second-order valence-electron chi connectivity index (χ2n) is 7.89. The molecule has 0 saturated heterocycles. The van der Waals surface area contributed by atoms with Gasteiger partial charge in [-0.25, -0.2) is 13.1 Å². The summed E-state index contributed by atoms with van der Waals surface area (Å²) < 4.78 is 33.2. The second kappa shape index (κ2) is 9.12. The number of hydrogen-bond donors (Lipinski definition) is 1. The lowest BCUT2D eigenvalue weighted by atomic mass is 9.99. The number of fused-ring (bicyclic) bond motifs is 1. The van der Waals surface area contributed by atoms with Crippen LogP contribution in [0, 0.1) is 6.92 Å². The molecule has 0 radical (unpaired) electrons. The van der Waals surface area contributed by atoms with Crippen molar-refractivity contribution < 1.29 is 13.2 Å². The van der Waals surface area contributed by atoms with Crippen molar-refractivity contribution >= 4 is 15.7 Å². The largest absolute Gasteiger partial charge is 0.497 e. The Morgan fingerprint density at radius 3 is 2.45 bits per heavy atom. The van der Waals surface area contributed by atoms with E-state index in [9.17, 15) is 8.42 Å². The highest BCUT2D eigenvalue weighted by molar-refractivity contribution is 7.89. The molecular weight excluding hydrogens is 408 g/mol. The van der Waals surface area contributed by atoms with E-state index in [2.05, 4.69) is 58.2 Å². The summed E-state index contributed by atoms with van der Waals surface area (Å²) in [6.45, 7) is 4.06. The van der Waals surface area contributed by atoms with Crippen molar-refractivity contribution in [3.05, 3.63) is 89.0 Å². The summed E-state index contributed by atoms with van der Waals surface area (Å²) in [6, 6.07) is 22.0. The summed E-state index contributed by atoms with van der Waals surface area (Å²) in [4.78, 5) is 2.68. The Labute approximate surface area is 184 Å². The predicted octanol–water partition coefficient (Wildman–Crippen LogP) is 4.09. The fraction of sp³-hybridized carbons (Fsp3) is 0.280. The van der Waals surface area contributed by atoms with Gasteiger partial charge in [-0.3, -0.25) is 0 Å². The van der Waals surface area contributed by atoms with Gasteiger partial charge >= 0.3 is 0 Å². The molecule has 1 aliphatic heterocycles. The molecule has 1 N–H and O–H groups in total. The Hall–Kier alpha value is -2.83. The number of benzene rings is 3. The molecule has 162 valence electrons. The van der Waals surface area contributed by atoms with E-state index < -0.39 is 10.0 Å². The van der Waals surface area contributed by atoms with Crippen LogP contribution >= 0.6 is 0 Å². The van der Waals surface area contributed by atoms with Crippen LogP contribution in [0.3, 0.4) is 0 Å². The SMILES string of the molecule is COc1ccc(S(=O)(=O)NCCc2ccc(N3CCc4ccccc4C3)cc2)c(C)c1. The van der Waals surface area contributed by atoms with E-state index in [-0.39, 0.29) is 4.90 Å². The van der Waals surface area contributed by atoms with Gasteiger partial charge in [0.1, 0.15) is 5.75 Å². The minimum Gasteiger partial charge on any atom is -0.497 e. The summed E-state index contributed by atoms with van der Waals surface area (Å²) in [6.07, 6.45) is 1.70. The zero-order valence-electron chi connectivity index (χ0n) is 18.0. The zero-order valence-corrected chi connectivity index (χ0v) is 18.8. The van der Waals surface area contributed by atoms with Crippen molar-refractivity contribution in [2.45, 2.75) is 31.2 Å². The van der Waals surface area contributed by atoms with Crippen LogP contribution in [-0.4, -0.2) is 28.6 Å². The Morgan fingerprint density at radius 1 is 1.00 bits per heavy atom. The van der Waals surface area contributed by atoms with Crippen LogP contribution in [0.5, 0.6) is 5.75 Å². The highest BCUT2D eigenvalue weighted by atomic mass is 32.2. The molecule has 0 aliphatic carbocycles. The Balaban J connectivity index is 1.35. The lowest BCUT2D eigenvalue weighted by molar-refractivity contribution is 0.414. The van der Waals surface area contributed by atoms with Crippen molar-refractivity contribution in [3.63, 3.8) is 0 Å². The maximum absolute atomic E-state index is 12.6. The van der Waals surface area contributed by atoms with Crippen LogP contribution in [0.25, 0.3) is 0 Å². The van der Waals surface area contributed by atoms with Crippen LogP contribution in [0.15, 0.2) is 71.6 Å². The molecule has 3 aromatic rings. The predicted molar refractivity (Wildman–Crippen MR) is 124 cm³/mol. The molecule has 0 atom stereocenters. The summed E-state index contributed by atoms with van der Waals surface area (Å²) in [5.41, 5.74) is 5.80. The van der Waals surface area contributed by atoms with Crippen LogP contribution in [0.4, 0.5) is 5.69 Å². The normalized spacial score (nSPS) is 13.7. The average Bonchev–Trinajstić information content (AvgIpc) is 2.79. The Kier molecular flexibility index (Phi) is 6.30. The summed E-state index contributed by atoms with van der Waals surface area (Å²) in [5.74, 6) is 0.647. The molecule has 0 bridgehead atoms. The van der Waals surface area contributed by atoms with Crippen LogP contribution in [0.2, 0.25) is 0 Å². The second-order valence-corrected chi connectivity index (χ2v) is 9.62. The van der Waals surface area contributed by atoms with E-state index in [4.69, 9.17) is 4.74 Å². The van der Waals surface area contributed by atoms with Crippen molar-refractivity contribution in [3.8, 4) is 5.75 Å². The molecule has 0 fully saturated rings. The molecule has 3 aromatic carbocycles. The molecule has 0 unspecified atom stereocenters. The third kappa shape index (κ3) is 4.92. The van der Waals surface area contributed by atoms with Gasteiger partial charge in [-0.1, -0.05) is 36.4 Å². The van der Waals surface area contributed by atoms with Crippen LogP contribution in [-0.2, 0) is 29.4 Å². The Morgan fingerprint density at radius 2 is 1.74 bits per heavy atom. The van der Waals surface area contributed by atoms with Gasteiger partial charge in [0.15, 0.2) is 0 Å². The van der Waals surface area contributed by atoms with Gasteiger partial charge in [-0.05, 0) is 72.4 Å². The van der Waals surface area contributed by atoms with Crippen molar-refractivity contribution in [2.24, 2.45) is 0 Å². The molecule has 0 aromatic heterocycles. The van der Waals surface area contributed by atoms with E-state index in [1.54, 1.807) is 32.2 Å². The first-order valence-electron chi connectivity index (χ1n) is 10.5. The fourth-order valence-electron chi connectivity index (χ4n) is 4.05. The molecule has 6 heteroatoms. The third-order valence-corrected chi connectivity index (χ3v) is 7.43. The number of hydrogen-bond acceptors (Lipinski definition) is 4. The third-order valence-electron chi connectivity index (χ3n) is 5.81. The summed E-state index contributed by atoms with van der Waals surface area (Å²) in [7, 11) is -1.99. The van der Waals surface area contributed by atoms with E-state index in [1.165, 1.54) is 16.8 Å². The molecule has 31 heavy (non-hydrogen) atoms. The first kappa shape index (κ1) is 21.4. The van der Waals surface area contributed by atoms with Gasteiger partial charge < -0.3 is 9.64 Å². The highest BCUT2D eigenvalue weighted by Gasteiger charge is 2.18. The number of methoxy groups -OCH3 is 1. The number of ether oxygens (including phenoxy) is 1. The van der Waals surface area contributed by atoms with E-state index >= 15 is 0 Å². The Bertz CT molecular complexity index is 1160. The monoisotopic (exact) mass is 436 g/mol. The maximum Gasteiger partial charge on any atom is 0.240 e. The zero-order chi connectivity index (χ0) is 21.8. The van der Waals surface area contributed by atoms with Gasteiger partial charge in [0, 0.05) is 25.3 Å². The molecule has 4 rings (SSSR count). The quantitative estimate of drug-likeness (QED) is 0.606. The number of sulfonamides is 1. The van der Waals surface area contributed by atoms with Gasteiger partial charge in [-0.15, -0.1) is 0 Å². The van der Waals surface area contributed by atoms with Crippen molar-refractivity contribution in [1.82, 2.24) is 4.72 Å². The molecule has 0 saturated carbocycles. The highest BCUT2D eigenvalue weighted by Crippen LogP contribution is 2.25. The van der Waals surface area contributed by atoms with Gasteiger partial charge in [-0.2, -0.15) is 0 Å². The van der Waals surface area contributed by atoms with E-state index in [0.29, 0.717) is 24.3 Å². The fourth-order valence-corrected chi connectivity index (χ4v) is 5.30. The molecular formula is C25H28N2O3S. The summed E-state index contributed by atoms with van der Waals surface area (Å²) in [5, 5.41) is 0. The molecule has 0 amide bonds. The lowest BCUT2D eigenvalue weighted by Crippen LogP contribution is -2.30. The molecule has 1 aliphatic rings. The first-order chi connectivity index (χ1) is 15.0. The summed E-state index contributed by atoms with van der Waals surface area (Å²) >= 11 is 0. The maximum atomic E-state index is 12.6. The number of rotatable bonds is 7. The van der Waals surface area contributed by atoms with Gasteiger partial charge in [0.25, 0.3) is 0 Å². The minimum absolute atomic E-state index is 0.286. The number of anilines is 1. The van der Waals surface area contributed by atoms with Crippen LogP contribution < -0.4 is 14.4 Å². The standard InChI is InChI=1S/C25H28N2O3S/c1-19-17-24(30-2)11-12-25(19)31(28,29)26-15-13-20-7-9-23(10-8-20)27-16-14-21-5-3-4-6-22(21)18-27/h3-12,17,26H,13-16,18H2,1-2H3. The van der Waals surface area contributed by atoms with E-state index in [1.807, 2.05) is 0 Å². The lowest BCUT2D eigenvalue weighted by Gasteiger charge is -2.30. The smallest absolute Gasteiger partial charge is 0.240 e. The number of nitrogens with zero attached hydrogens (tertiary/aromatic N) is 1. The van der Waals surface area contributed by atoms with Gasteiger partial charge in [0.05, 0.1) is 12.0 Å². The van der Waals surface area contributed by atoms with Crippen molar-refractivity contribution in [1.29, 1.82) is 0 Å². The minimum atomic E-state index is -3.55. The molecule has 1 heterocycles. The molecule has 5 nitrogen and oxygen atoms in total. The van der Waals surface area contributed by atoms with Crippen LogP contribution in [0.1, 0.15) is 22.3 Å². The number of aryl methyl sites for hydroxylation is 1. The first-order valence-corrected chi connectivity index (χ1v) is 12.0. The van der Waals surface area contributed by atoms with E-state index in [0.717, 1.165) is 25.1 Å². The van der Waals surface area contributed by atoms with Gasteiger partial charge in [0.2, 0.25) is 10.0 Å². The molecule has 0 spiro atoms.